The van der Waals surface area contributed by atoms with Gasteiger partial charge < -0.3 is 4.74 Å². The Balaban J connectivity index is 2.34. The van der Waals surface area contributed by atoms with E-state index in [1.54, 1.807) is 6.07 Å². The minimum Gasteiger partial charge on any atom is -0.473 e. The fraction of sp³-hybridized carbons (Fsp3) is 0.364. The molecule has 1 unspecified atom stereocenters. The van der Waals surface area contributed by atoms with Gasteiger partial charge in [0.05, 0.1) is 0 Å². The van der Waals surface area contributed by atoms with Crippen LogP contribution < -0.4 is 4.74 Å². The lowest BCUT2D eigenvalue weighted by atomic mass is 10.2. The van der Waals surface area contributed by atoms with E-state index in [4.69, 9.17) is 4.74 Å². The Hall–Kier alpha value is -1.64. The van der Waals surface area contributed by atoms with Gasteiger partial charge in [0.2, 0.25) is 5.82 Å². The first-order valence-corrected chi connectivity index (χ1v) is 6.30. The van der Waals surface area contributed by atoms with Gasteiger partial charge in [0.1, 0.15) is 5.75 Å². The second-order valence-corrected chi connectivity index (χ2v) is 4.97. The summed E-state index contributed by atoms with van der Waals surface area (Å²) in [5.74, 6) is -0.331. The molecule has 0 saturated carbocycles. The summed E-state index contributed by atoms with van der Waals surface area (Å²) in [5, 5.41) is 9.96. The highest BCUT2D eigenvalue weighted by Crippen LogP contribution is 2.36. The summed E-state index contributed by atoms with van der Waals surface area (Å²) in [6.45, 7) is 1.82. The van der Waals surface area contributed by atoms with E-state index in [2.05, 4.69) is 31.5 Å². The number of hydrogen-bond donors (Lipinski definition) is 0. The van der Waals surface area contributed by atoms with Crippen molar-refractivity contribution in [2.24, 2.45) is 7.05 Å². The van der Waals surface area contributed by atoms with E-state index in [0.29, 0.717) is 4.47 Å². The van der Waals surface area contributed by atoms with Crippen LogP contribution in [0.1, 0.15) is 17.5 Å². The Labute approximate surface area is 120 Å². The summed E-state index contributed by atoms with van der Waals surface area (Å²) >= 11 is 3.24. The molecule has 5 nitrogen and oxygen atoms in total. The highest BCUT2D eigenvalue weighted by Gasteiger charge is 2.46. The van der Waals surface area contributed by atoms with Crippen molar-refractivity contribution in [1.29, 1.82) is 0 Å². The maximum atomic E-state index is 13.1. The number of ether oxygens (including phenoxy) is 1. The average Bonchev–Trinajstić information content (AvgIpc) is 2.75. The molecule has 108 valence electrons. The van der Waals surface area contributed by atoms with Gasteiger partial charge in [-0.05, 0) is 35.0 Å². The molecule has 0 aliphatic rings. The van der Waals surface area contributed by atoms with Gasteiger partial charge in [0, 0.05) is 11.5 Å². The van der Waals surface area contributed by atoms with E-state index in [1.165, 1.54) is 19.2 Å². The molecule has 0 bridgehead atoms. The third kappa shape index (κ3) is 3.09. The number of alkyl halides is 3. The minimum absolute atomic E-state index is 0.0767. The van der Waals surface area contributed by atoms with E-state index < -0.39 is 18.1 Å². The molecule has 0 saturated heterocycles. The van der Waals surface area contributed by atoms with E-state index >= 15 is 0 Å². The monoisotopic (exact) mass is 350 g/mol. The van der Waals surface area contributed by atoms with Crippen LogP contribution in [0.5, 0.6) is 5.75 Å². The maximum absolute atomic E-state index is 13.1. The zero-order chi connectivity index (χ0) is 14.9. The third-order valence-corrected chi connectivity index (χ3v) is 3.44. The fourth-order valence-corrected chi connectivity index (χ4v) is 1.87. The summed E-state index contributed by atoms with van der Waals surface area (Å²) in [6, 6.07) is 4.59. The molecule has 1 heterocycles. The highest BCUT2D eigenvalue weighted by molar-refractivity contribution is 9.10. The zero-order valence-electron chi connectivity index (χ0n) is 10.5. The van der Waals surface area contributed by atoms with E-state index in [-0.39, 0.29) is 5.75 Å². The van der Waals surface area contributed by atoms with Gasteiger partial charge >= 0.3 is 6.18 Å². The molecule has 0 aliphatic carbocycles. The van der Waals surface area contributed by atoms with Crippen LogP contribution in [0.2, 0.25) is 0 Å². The predicted molar refractivity (Wildman–Crippen MR) is 67.1 cm³/mol. The Morgan fingerprint density at radius 1 is 1.35 bits per heavy atom. The van der Waals surface area contributed by atoms with Crippen LogP contribution >= 0.6 is 15.9 Å². The van der Waals surface area contributed by atoms with Gasteiger partial charge in [-0.3, -0.25) is 0 Å². The number of benzene rings is 1. The smallest absolute Gasteiger partial charge is 0.432 e. The number of rotatable bonds is 3. The third-order valence-electron chi connectivity index (χ3n) is 2.58. The number of tetrazole rings is 1. The second-order valence-electron chi connectivity index (χ2n) is 4.11. The SMILES string of the molecule is Cc1ccc(OC(c2nnnn2C)C(F)(F)F)cc1Br. The quantitative estimate of drug-likeness (QED) is 0.853. The molecule has 0 fully saturated rings. The van der Waals surface area contributed by atoms with Gasteiger partial charge in [-0.15, -0.1) is 5.10 Å². The summed E-state index contributed by atoms with van der Waals surface area (Å²) in [7, 11) is 1.32. The topological polar surface area (TPSA) is 52.8 Å². The molecular formula is C11H10BrF3N4O. The molecule has 1 aromatic carbocycles. The van der Waals surface area contributed by atoms with Crippen LogP contribution in [0.25, 0.3) is 0 Å². The molecule has 0 N–H and O–H groups in total. The number of aryl methyl sites for hydroxylation is 2. The lowest BCUT2D eigenvalue weighted by molar-refractivity contribution is -0.201. The number of hydrogen-bond acceptors (Lipinski definition) is 4. The lowest BCUT2D eigenvalue weighted by Crippen LogP contribution is -2.29. The Bertz CT molecular complexity index is 614. The van der Waals surface area contributed by atoms with Crippen LogP contribution in [-0.4, -0.2) is 26.4 Å². The van der Waals surface area contributed by atoms with Gasteiger partial charge in [-0.2, -0.15) is 13.2 Å². The molecule has 1 aromatic heterocycles. The van der Waals surface area contributed by atoms with Crippen molar-refractivity contribution in [1.82, 2.24) is 20.2 Å². The number of halogens is 4. The van der Waals surface area contributed by atoms with Gasteiger partial charge in [-0.25, -0.2) is 4.68 Å². The molecule has 9 heteroatoms. The lowest BCUT2D eigenvalue weighted by Gasteiger charge is -2.20. The number of nitrogens with zero attached hydrogens (tertiary/aromatic N) is 4. The first-order chi connectivity index (χ1) is 9.29. The predicted octanol–water partition coefficient (Wildman–Crippen LogP) is 2.96. The van der Waals surface area contributed by atoms with Crippen LogP contribution in [0.4, 0.5) is 13.2 Å². The first-order valence-electron chi connectivity index (χ1n) is 5.51. The molecule has 1 atom stereocenters. The molecule has 0 spiro atoms. The van der Waals surface area contributed by atoms with Crippen LogP contribution in [0.3, 0.4) is 0 Å². The van der Waals surface area contributed by atoms with Crippen molar-refractivity contribution in [3.63, 3.8) is 0 Å². The summed E-state index contributed by atoms with van der Waals surface area (Å²) < 4.78 is 45.9. The van der Waals surface area contributed by atoms with Gasteiger partial charge in [-0.1, -0.05) is 22.0 Å². The summed E-state index contributed by atoms with van der Waals surface area (Å²) in [5.41, 5.74) is 0.890. The molecule has 20 heavy (non-hydrogen) atoms. The zero-order valence-corrected chi connectivity index (χ0v) is 12.1. The largest absolute Gasteiger partial charge is 0.473 e. The van der Waals surface area contributed by atoms with Crippen molar-refractivity contribution in [2.75, 3.05) is 0 Å². The van der Waals surface area contributed by atoms with Crippen molar-refractivity contribution in [3.05, 3.63) is 34.1 Å². The second kappa shape index (κ2) is 5.39. The van der Waals surface area contributed by atoms with E-state index in [9.17, 15) is 13.2 Å². The minimum atomic E-state index is -4.63. The van der Waals surface area contributed by atoms with Crippen LogP contribution in [0.15, 0.2) is 22.7 Å². The molecular weight excluding hydrogens is 341 g/mol. The molecule has 2 aromatic rings. The van der Waals surface area contributed by atoms with Gasteiger partial charge in [0.25, 0.3) is 6.10 Å². The van der Waals surface area contributed by atoms with Crippen molar-refractivity contribution >= 4 is 15.9 Å². The molecule has 0 radical (unpaired) electrons. The standard InChI is InChI=1S/C11H10BrF3N4O/c1-6-3-4-7(5-8(6)12)20-9(11(13,14)15)10-16-17-18-19(10)2/h3-5,9H,1-2H3. The molecule has 0 aliphatic heterocycles. The number of aromatic nitrogens is 4. The van der Waals surface area contributed by atoms with E-state index in [0.717, 1.165) is 10.2 Å². The van der Waals surface area contributed by atoms with E-state index in [1.807, 2.05) is 6.92 Å². The maximum Gasteiger partial charge on any atom is 0.432 e. The first kappa shape index (κ1) is 14.8. The molecule has 0 amide bonds. The summed E-state index contributed by atoms with van der Waals surface area (Å²) in [4.78, 5) is 0. The van der Waals surface area contributed by atoms with Gasteiger partial charge in [0.15, 0.2) is 0 Å². The average molecular weight is 351 g/mol. The Kier molecular flexibility index (Phi) is 3.98. The Morgan fingerprint density at radius 3 is 2.55 bits per heavy atom. The molecule has 2 rings (SSSR count). The highest BCUT2D eigenvalue weighted by atomic mass is 79.9. The Morgan fingerprint density at radius 2 is 2.05 bits per heavy atom. The van der Waals surface area contributed by atoms with Crippen molar-refractivity contribution < 1.29 is 17.9 Å². The van der Waals surface area contributed by atoms with Crippen molar-refractivity contribution in [2.45, 2.75) is 19.2 Å². The van der Waals surface area contributed by atoms with Crippen molar-refractivity contribution in [3.8, 4) is 5.75 Å². The summed E-state index contributed by atoms with van der Waals surface area (Å²) in [6.07, 6.45) is -6.85. The fourth-order valence-electron chi connectivity index (χ4n) is 1.51. The van der Waals surface area contributed by atoms with Crippen LogP contribution in [0, 0.1) is 6.92 Å². The van der Waals surface area contributed by atoms with Crippen LogP contribution in [-0.2, 0) is 7.05 Å². The normalized spacial score (nSPS) is 13.3.